The van der Waals surface area contributed by atoms with Gasteiger partial charge in [0.15, 0.2) is 0 Å². The molecule has 1 aliphatic rings. The number of amides is 1. The molecular weight excluding hydrogens is 276 g/mol. The summed E-state index contributed by atoms with van der Waals surface area (Å²) in [6.07, 6.45) is 1.89. The second-order valence-corrected chi connectivity index (χ2v) is 6.56. The monoisotopic (exact) mass is 304 g/mol. The molecule has 0 atom stereocenters. The molecule has 0 unspecified atom stereocenters. The van der Waals surface area contributed by atoms with Crippen LogP contribution in [0, 0.1) is 0 Å². The van der Waals surface area contributed by atoms with Crippen LogP contribution in [0.1, 0.15) is 32.3 Å². The molecule has 1 aromatic rings. The fourth-order valence-electron chi connectivity index (χ4n) is 3.00. The number of carbonyl (C=O) groups excluding carboxylic acids is 1. The molecule has 2 rings (SSSR count). The maximum Gasteiger partial charge on any atom is 0.232 e. The van der Waals surface area contributed by atoms with E-state index in [-0.39, 0.29) is 12.5 Å². The van der Waals surface area contributed by atoms with E-state index in [1.807, 2.05) is 49.1 Å². The Morgan fingerprint density at radius 1 is 1.09 bits per heavy atom. The van der Waals surface area contributed by atoms with E-state index >= 15 is 0 Å². The maximum atomic E-state index is 12.9. The second-order valence-electron chi connectivity index (χ2n) is 6.56. The van der Waals surface area contributed by atoms with E-state index in [0.717, 1.165) is 51.1 Å². The summed E-state index contributed by atoms with van der Waals surface area (Å²) in [5, 5.41) is 8.84. The van der Waals surface area contributed by atoms with Crippen molar-refractivity contribution in [3.63, 3.8) is 0 Å². The van der Waals surface area contributed by atoms with Crippen LogP contribution in [0.3, 0.4) is 0 Å². The Morgan fingerprint density at radius 2 is 1.73 bits per heavy atom. The van der Waals surface area contributed by atoms with Crippen molar-refractivity contribution >= 4 is 5.91 Å². The van der Waals surface area contributed by atoms with Crippen molar-refractivity contribution in [1.82, 2.24) is 9.80 Å². The number of unbranched alkanes of at least 4 members (excludes halogenated alkanes) is 1. The number of nitrogens with zero attached hydrogens (tertiary/aromatic N) is 2. The third-order valence-corrected chi connectivity index (χ3v) is 4.57. The van der Waals surface area contributed by atoms with Gasteiger partial charge >= 0.3 is 0 Å². The van der Waals surface area contributed by atoms with Crippen molar-refractivity contribution in [3.8, 4) is 0 Å². The molecular formula is C18H28N2O2. The number of carbonyl (C=O) groups is 1. The molecule has 22 heavy (non-hydrogen) atoms. The molecule has 0 aromatic heterocycles. The summed E-state index contributed by atoms with van der Waals surface area (Å²) >= 11 is 0. The first-order valence-electron chi connectivity index (χ1n) is 8.24. The van der Waals surface area contributed by atoms with E-state index < -0.39 is 5.41 Å². The van der Waals surface area contributed by atoms with Gasteiger partial charge in [-0.15, -0.1) is 0 Å². The van der Waals surface area contributed by atoms with Gasteiger partial charge in [-0.1, -0.05) is 30.3 Å². The summed E-state index contributed by atoms with van der Waals surface area (Å²) < 4.78 is 0. The van der Waals surface area contributed by atoms with Crippen molar-refractivity contribution in [3.05, 3.63) is 35.9 Å². The van der Waals surface area contributed by atoms with Gasteiger partial charge in [-0.05, 0) is 38.8 Å². The van der Waals surface area contributed by atoms with Crippen LogP contribution in [0.5, 0.6) is 0 Å². The van der Waals surface area contributed by atoms with E-state index in [1.54, 1.807) is 0 Å². The zero-order valence-corrected chi connectivity index (χ0v) is 13.8. The Bertz CT molecular complexity index is 465. The van der Waals surface area contributed by atoms with E-state index in [2.05, 4.69) is 4.90 Å². The molecule has 122 valence electrons. The first-order chi connectivity index (χ1) is 10.6. The highest BCUT2D eigenvalue weighted by Gasteiger charge is 2.34. The van der Waals surface area contributed by atoms with Gasteiger partial charge in [-0.3, -0.25) is 9.69 Å². The van der Waals surface area contributed by atoms with Crippen LogP contribution in [0.2, 0.25) is 0 Å². The number of aliphatic hydroxyl groups excluding tert-OH is 1. The standard InChI is InChI=1S/C18H28N2O2/c1-18(2,16-8-4-3-5-9-16)17(22)20-13-11-19(12-14-20)10-6-7-15-21/h3-5,8-9,21H,6-7,10-15H2,1-2H3. The number of piperazine rings is 1. The highest BCUT2D eigenvalue weighted by Crippen LogP contribution is 2.26. The average molecular weight is 304 g/mol. The van der Waals surface area contributed by atoms with Gasteiger partial charge in [0.25, 0.3) is 0 Å². The van der Waals surface area contributed by atoms with Crippen LogP contribution in [0.25, 0.3) is 0 Å². The Kier molecular flexibility index (Phi) is 5.98. The maximum absolute atomic E-state index is 12.9. The molecule has 1 amide bonds. The minimum absolute atomic E-state index is 0.216. The lowest BCUT2D eigenvalue weighted by molar-refractivity contribution is -0.138. The normalized spacial score (nSPS) is 16.8. The highest BCUT2D eigenvalue weighted by atomic mass is 16.2. The molecule has 1 fully saturated rings. The summed E-state index contributed by atoms with van der Waals surface area (Å²) in [5.41, 5.74) is 0.603. The molecule has 1 aromatic carbocycles. The van der Waals surface area contributed by atoms with Crippen molar-refractivity contribution in [2.24, 2.45) is 0 Å². The van der Waals surface area contributed by atoms with E-state index in [4.69, 9.17) is 5.11 Å². The number of aliphatic hydroxyl groups is 1. The molecule has 0 aliphatic carbocycles. The zero-order valence-electron chi connectivity index (χ0n) is 13.8. The topological polar surface area (TPSA) is 43.8 Å². The van der Waals surface area contributed by atoms with E-state index in [9.17, 15) is 4.79 Å². The Morgan fingerprint density at radius 3 is 2.32 bits per heavy atom. The van der Waals surface area contributed by atoms with Gasteiger partial charge < -0.3 is 10.0 Å². The average Bonchev–Trinajstić information content (AvgIpc) is 2.56. The highest BCUT2D eigenvalue weighted by molar-refractivity contribution is 5.87. The Balaban J connectivity index is 1.89. The van der Waals surface area contributed by atoms with Crippen molar-refractivity contribution < 1.29 is 9.90 Å². The summed E-state index contributed by atoms with van der Waals surface area (Å²) in [6.45, 7) is 8.78. The third-order valence-electron chi connectivity index (χ3n) is 4.57. The lowest BCUT2D eigenvalue weighted by Gasteiger charge is -2.38. The molecule has 4 nitrogen and oxygen atoms in total. The second kappa shape index (κ2) is 7.75. The van der Waals surface area contributed by atoms with Crippen molar-refractivity contribution in [2.45, 2.75) is 32.1 Å². The third kappa shape index (κ3) is 4.08. The SMILES string of the molecule is CC(C)(C(=O)N1CCN(CCCCO)CC1)c1ccccc1. The zero-order chi connectivity index (χ0) is 16.0. The fourth-order valence-corrected chi connectivity index (χ4v) is 3.00. The van der Waals surface area contributed by atoms with Crippen LogP contribution >= 0.6 is 0 Å². The number of rotatable bonds is 6. The molecule has 0 bridgehead atoms. The largest absolute Gasteiger partial charge is 0.396 e. The summed E-state index contributed by atoms with van der Waals surface area (Å²) in [5.74, 6) is 0.216. The molecule has 0 saturated carbocycles. The first-order valence-corrected chi connectivity index (χ1v) is 8.24. The fraction of sp³-hybridized carbons (Fsp3) is 0.611. The van der Waals surface area contributed by atoms with Gasteiger partial charge in [0.1, 0.15) is 0 Å². The van der Waals surface area contributed by atoms with Crippen molar-refractivity contribution in [2.75, 3.05) is 39.3 Å². The molecule has 1 saturated heterocycles. The minimum atomic E-state index is -0.472. The summed E-state index contributed by atoms with van der Waals surface area (Å²) in [4.78, 5) is 17.2. The predicted molar refractivity (Wildman–Crippen MR) is 88.8 cm³/mol. The molecule has 0 radical (unpaired) electrons. The molecule has 1 N–H and O–H groups in total. The lowest BCUT2D eigenvalue weighted by Crippen LogP contribution is -2.53. The Labute approximate surface area is 133 Å². The molecule has 0 spiro atoms. The van der Waals surface area contributed by atoms with Crippen LogP contribution in [-0.4, -0.2) is 60.1 Å². The number of benzene rings is 1. The van der Waals surface area contributed by atoms with Crippen LogP contribution in [-0.2, 0) is 10.2 Å². The molecule has 1 heterocycles. The van der Waals surface area contributed by atoms with Crippen LogP contribution in [0.15, 0.2) is 30.3 Å². The van der Waals surface area contributed by atoms with Crippen LogP contribution < -0.4 is 0 Å². The Hall–Kier alpha value is -1.39. The lowest BCUT2D eigenvalue weighted by atomic mass is 9.83. The minimum Gasteiger partial charge on any atom is -0.396 e. The number of hydrogen-bond acceptors (Lipinski definition) is 3. The summed E-state index contributed by atoms with van der Waals surface area (Å²) in [6, 6.07) is 10.0. The smallest absolute Gasteiger partial charge is 0.232 e. The van der Waals surface area contributed by atoms with Gasteiger partial charge in [-0.2, -0.15) is 0 Å². The van der Waals surface area contributed by atoms with Gasteiger partial charge in [0, 0.05) is 32.8 Å². The summed E-state index contributed by atoms with van der Waals surface area (Å²) in [7, 11) is 0. The number of hydrogen-bond donors (Lipinski definition) is 1. The van der Waals surface area contributed by atoms with Gasteiger partial charge in [0.2, 0.25) is 5.91 Å². The van der Waals surface area contributed by atoms with E-state index in [0.29, 0.717) is 0 Å². The quantitative estimate of drug-likeness (QED) is 0.816. The van der Waals surface area contributed by atoms with E-state index in [1.165, 1.54) is 0 Å². The molecule has 1 aliphatic heterocycles. The van der Waals surface area contributed by atoms with Gasteiger partial charge in [0.05, 0.1) is 5.41 Å². The van der Waals surface area contributed by atoms with Crippen molar-refractivity contribution in [1.29, 1.82) is 0 Å². The first kappa shape index (κ1) is 17.0. The van der Waals surface area contributed by atoms with Crippen LogP contribution in [0.4, 0.5) is 0 Å². The predicted octanol–water partition coefficient (Wildman–Crippen LogP) is 1.88. The van der Waals surface area contributed by atoms with Gasteiger partial charge in [-0.25, -0.2) is 0 Å². The molecule has 4 heteroatoms.